The molecule has 1 heterocycles. The van der Waals surface area contributed by atoms with Gasteiger partial charge in [0.25, 0.3) is 0 Å². The smallest absolute Gasteiger partial charge is 0.0335 e. The maximum absolute atomic E-state index is 5.21. The normalized spacial score (nSPS) is 24.3. The quantitative estimate of drug-likeness (QED) is 0.402. The molecule has 0 saturated carbocycles. The summed E-state index contributed by atoms with van der Waals surface area (Å²) in [6.07, 6.45) is 2.46. The molecule has 0 radical (unpaired) electrons. The highest BCUT2D eigenvalue weighted by molar-refractivity contribution is 5.85. The number of nitrogens with one attached hydrogen (secondary N) is 2. The lowest BCUT2D eigenvalue weighted by molar-refractivity contribution is 0.396. The van der Waals surface area contributed by atoms with Gasteiger partial charge in [0.2, 0.25) is 0 Å². The molecule has 0 bridgehead atoms. The molecule has 1 saturated heterocycles. The summed E-state index contributed by atoms with van der Waals surface area (Å²) in [6, 6.07) is 0.503. The molecule has 4 N–H and O–H groups in total. The zero-order valence-corrected chi connectivity index (χ0v) is 7.43. The number of piperidine rings is 1. The van der Waals surface area contributed by atoms with Crippen LogP contribution in [0.1, 0.15) is 12.8 Å². The number of nitrogens with two attached hydrogens (primary N) is 1. The summed E-state index contributed by atoms with van der Waals surface area (Å²) in [4.78, 5) is 0. The summed E-state index contributed by atoms with van der Waals surface area (Å²) in [6.45, 7) is 2.18. The lowest BCUT2D eigenvalue weighted by atomic mass is 10.1. The van der Waals surface area contributed by atoms with Crippen LogP contribution in [0.3, 0.4) is 0 Å². The maximum Gasteiger partial charge on any atom is 0.0335 e. The van der Waals surface area contributed by atoms with Gasteiger partial charge < -0.3 is 5.32 Å². The fourth-order valence-electron chi connectivity index (χ4n) is 0.994. The zero-order valence-electron chi connectivity index (χ0n) is 5.80. The first-order valence-electron chi connectivity index (χ1n) is 3.10. The number of hydrazine groups is 1. The Balaban J connectivity index is 0. The van der Waals surface area contributed by atoms with Crippen molar-refractivity contribution in [3.63, 3.8) is 0 Å². The van der Waals surface area contributed by atoms with E-state index in [-0.39, 0.29) is 24.8 Å². The molecular formula is C5H15Cl2N3. The lowest BCUT2D eigenvalue weighted by Gasteiger charge is -2.21. The molecule has 1 rings (SSSR count). The Morgan fingerprint density at radius 1 is 1.40 bits per heavy atom. The van der Waals surface area contributed by atoms with Crippen LogP contribution in [0, 0.1) is 0 Å². The number of rotatable bonds is 1. The Bertz CT molecular complexity index is 65.9. The van der Waals surface area contributed by atoms with E-state index >= 15 is 0 Å². The average Bonchev–Trinajstić information content (AvgIpc) is 1.90. The largest absolute Gasteiger partial charge is 0.315 e. The average molecular weight is 188 g/mol. The van der Waals surface area contributed by atoms with E-state index in [2.05, 4.69) is 10.7 Å². The molecule has 0 spiro atoms. The van der Waals surface area contributed by atoms with Gasteiger partial charge in [-0.2, -0.15) is 0 Å². The van der Waals surface area contributed by atoms with Crippen molar-refractivity contribution in [1.29, 1.82) is 0 Å². The highest BCUT2D eigenvalue weighted by Gasteiger charge is 2.08. The molecule has 1 aliphatic rings. The summed E-state index contributed by atoms with van der Waals surface area (Å²) in [5, 5.41) is 3.24. The van der Waals surface area contributed by atoms with E-state index in [1.807, 2.05) is 0 Å². The van der Waals surface area contributed by atoms with Crippen LogP contribution in [-0.2, 0) is 0 Å². The fourth-order valence-corrected chi connectivity index (χ4v) is 0.994. The molecule has 0 aromatic carbocycles. The van der Waals surface area contributed by atoms with Gasteiger partial charge in [0.05, 0.1) is 0 Å². The van der Waals surface area contributed by atoms with Crippen molar-refractivity contribution < 1.29 is 0 Å². The van der Waals surface area contributed by atoms with Crippen LogP contribution in [0.2, 0.25) is 0 Å². The molecule has 0 amide bonds. The predicted octanol–water partition coefficient (Wildman–Crippen LogP) is 0.0453. The molecule has 0 aliphatic carbocycles. The van der Waals surface area contributed by atoms with Crippen LogP contribution in [-0.4, -0.2) is 19.1 Å². The first-order valence-corrected chi connectivity index (χ1v) is 3.10. The van der Waals surface area contributed by atoms with Crippen LogP contribution >= 0.6 is 24.8 Å². The number of hydrogen-bond donors (Lipinski definition) is 3. The third kappa shape index (κ3) is 4.30. The van der Waals surface area contributed by atoms with E-state index in [1.54, 1.807) is 0 Å². The predicted molar refractivity (Wildman–Crippen MR) is 47.7 cm³/mol. The second kappa shape index (κ2) is 7.57. The highest BCUT2D eigenvalue weighted by Crippen LogP contribution is 1.98. The molecule has 0 aromatic heterocycles. The number of hydrogen-bond acceptors (Lipinski definition) is 3. The minimum atomic E-state index is 0. The van der Waals surface area contributed by atoms with Gasteiger partial charge in [-0.3, -0.25) is 11.3 Å². The first-order chi connectivity index (χ1) is 3.93. The Kier molecular flexibility index (Phi) is 9.90. The van der Waals surface area contributed by atoms with Crippen LogP contribution in [0.15, 0.2) is 0 Å². The Morgan fingerprint density at radius 3 is 2.40 bits per heavy atom. The third-order valence-corrected chi connectivity index (χ3v) is 1.53. The Morgan fingerprint density at radius 2 is 2.10 bits per heavy atom. The molecule has 1 fully saturated rings. The monoisotopic (exact) mass is 187 g/mol. The van der Waals surface area contributed by atoms with Crippen LogP contribution in [0.25, 0.3) is 0 Å². The van der Waals surface area contributed by atoms with Crippen LogP contribution in [0.4, 0.5) is 0 Å². The van der Waals surface area contributed by atoms with Crippen LogP contribution < -0.4 is 16.6 Å². The summed E-state index contributed by atoms with van der Waals surface area (Å²) in [5.41, 5.74) is 2.74. The van der Waals surface area contributed by atoms with Gasteiger partial charge in [-0.25, -0.2) is 0 Å². The van der Waals surface area contributed by atoms with E-state index in [9.17, 15) is 0 Å². The topological polar surface area (TPSA) is 50.1 Å². The van der Waals surface area contributed by atoms with Gasteiger partial charge in [-0.1, -0.05) is 0 Å². The molecule has 1 unspecified atom stereocenters. The molecule has 5 heteroatoms. The van der Waals surface area contributed by atoms with Gasteiger partial charge in [-0.05, 0) is 19.4 Å². The summed E-state index contributed by atoms with van der Waals surface area (Å²) >= 11 is 0. The molecular weight excluding hydrogens is 173 g/mol. The van der Waals surface area contributed by atoms with Gasteiger partial charge in [0.1, 0.15) is 0 Å². The highest BCUT2D eigenvalue weighted by atomic mass is 35.5. The molecule has 10 heavy (non-hydrogen) atoms. The van der Waals surface area contributed by atoms with Crippen molar-refractivity contribution in [2.75, 3.05) is 13.1 Å². The van der Waals surface area contributed by atoms with Gasteiger partial charge >= 0.3 is 0 Å². The fraction of sp³-hybridized carbons (Fsp3) is 1.00. The van der Waals surface area contributed by atoms with Crippen molar-refractivity contribution in [3.8, 4) is 0 Å². The standard InChI is InChI=1S/C5H13N3.2ClH/c6-8-5-2-1-3-7-4-5;;/h5,7-8H,1-4,6H2;2*1H. The Labute approximate surface area is 73.9 Å². The van der Waals surface area contributed by atoms with Crippen molar-refractivity contribution >= 4 is 24.8 Å². The van der Waals surface area contributed by atoms with E-state index in [4.69, 9.17) is 5.84 Å². The molecule has 0 aromatic rings. The molecule has 1 atom stereocenters. The third-order valence-electron chi connectivity index (χ3n) is 1.53. The molecule has 3 nitrogen and oxygen atoms in total. The second-order valence-electron chi connectivity index (χ2n) is 2.21. The van der Waals surface area contributed by atoms with Crippen molar-refractivity contribution in [3.05, 3.63) is 0 Å². The van der Waals surface area contributed by atoms with Crippen molar-refractivity contribution in [1.82, 2.24) is 10.7 Å². The summed E-state index contributed by atoms with van der Waals surface area (Å²) in [5.74, 6) is 5.21. The van der Waals surface area contributed by atoms with E-state index < -0.39 is 0 Å². The summed E-state index contributed by atoms with van der Waals surface area (Å²) in [7, 11) is 0. The zero-order chi connectivity index (χ0) is 5.82. The Hall–Kier alpha value is 0.460. The van der Waals surface area contributed by atoms with Crippen molar-refractivity contribution in [2.24, 2.45) is 5.84 Å². The van der Waals surface area contributed by atoms with Crippen LogP contribution in [0.5, 0.6) is 0 Å². The first kappa shape index (κ1) is 13.1. The minimum Gasteiger partial charge on any atom is -0.315 e. The second-order valence-corrected chi connectivity index (χ2v) is 2.21. The minimum absolute atomic E-state index is 0. The van der Waals surface area contributed by atoms with Gasteiger partial charge in [0, 0.05) is 12.6 Å². The van der Waals surface area contributed by atoms with E-state index in [0.29, 0.717) is 6.04 Å². The SMILES string of the molecule is Cl.Cl.NNC1CCCNC1. The molecule has 64 valence electrons. The number of halogens is 2. The van der Waals surface area contributed by atoms with E-state index in [1.165, 1.54) is 12.8 Å². The summed E-state index contributed by atoms with van der Waals surface area (Å²) < 4.78 is 0. The lowest BCUT2D eigenvalue weighted by Crippen LogP contribution is -2.46. The maximum atomic E-state index is 5.21. The van der Waals surface area contributed by atoms with E-state index in [0.717, 1.165) is 13.1 Å². The molecule has 1 aliphatic heterocycles. The van der Waals surface area contributed by atoms with Gasteiger partial charge in [0.15, 0.2) is 0 Å². The van der Waals surface area contributed by atoms with Crippen molar-refractivity contribution in [2.45, 2.75) is 18.9 Å². The van der Waals surface area contributed by atoms with Gasteiger partial charge in [-0.15, -0.1) is 24.8 Å².